The van der Waals surface area contributed by atoms with Crippen LogP contribution in [0.5, 0.6) is 0 Å². The Hall–Kier alpha value is -1.46. The van der Waals surface area contributed by atoms with Gasteiger partial charge >= 0.3 is 6.18 Å². The molecule has 1 heterocycles. The summed E-state index contributed by atoms with van der Waals surface area (Å²) in [5.41, 5.74) is 4.38. The zero-order chi connectivity index (χ0) is 14.1. The quantitative estimate of drug-likeness (QED) is 0.907. The Balaban J connectivity index is 3.23. The predicted molar refractivity (Wildman–Crippen MR) is 66.4 cm³/mol. The summed E-state index contributed by atoms with van der Waals surface area (Å²) in [6, 6.07) is 1.87. The summed E-state index contributed by atoms with van der Waals surface area (Å²) in [5.74, 6) is 0.104. The van der Waals surface area contributed by atoms with E-state index in [2.05, 4.69) is 4.98 Å². The highest BCUT2D eigenvalue weighted by Gasteiger charge is 2.33. The molecule has 0 aliphatic carbocycles. The number of alkyl halides is 3. The summed E-state index contributed by atoms with van der Waals surface area (Å²) in [6.07, 6.45) is -3.63. The molecule has 0 aliphatic rings. The standard InChI is InChI=1S/C12H18F3N3/c1-5-11(2,3)18(4)10-7-8(12(13,14)15)6-9(16)17-10/h6-7H,5H2,1-4H3,(H2,16,17). The summed E-state index contributed by atoms with van der Waals surface area (Å²) in [5, 5.41) is 0. The fourth-order valence-electron chi connectivity index (χ4n) is 1.42. The first-order chi connectivity index (χ1) is 8.08. The van der Waals surface area contributed by atoms with Crippen LogP contribution < -0.4 is 10.6 Å². The van der Waals surface area contributed by atoms with Crippen LogP contribution in [0.2, 0.25) is 0 Å². The van der Waals surface area contributed by atoms with E-state index in [9.17, 15) is 13.2 Å². The second-order valence-corrected chi connectivity index (χ2v) is 4.86. The lowest BCUT2D eigenvalue weighted by atomic mass is 10.00. The third kappa shape index (κ3) is 3.05. The topological polar surface area (TPSA) is 42.1 Å². The van der Waals surface area contributed by atoms with Crippen LogP contribution in [0.3, 0.4) is 0 Å². The van der Waals surface area contributed by atoms with Gasteiger partial charge in [0.2, 0.25) is 0 Å². The number of nitrogens with two attached hydrogens (primary N) is 1. The van der Waals surface area contributed by atoms with Crippen LogP contribution in [0.25, 0.3) is 0 Å². The summed E-state index contributed by atoms with van der Waals surface area (Å²) in [4.78, 5) is 5.67. The molecule has 0 spiro atoms. The van der Waals surface area contributed by atoms with Gasteiger partial charge in [-0.1, -0.05) is 6.92 Å². The van der Waals surface area contributed by atoms with E-state index in [1.54, 1.807) is 11.9 Å². The van der Waals surface area contributed by atoms with Crippen molar-refractivity contribution >= 4 is 11.6 Å². The van der Waals surface area contributed by atoms with E-state index in [4.69, 9.17) is 5.73 Å². The third-order valence-electron chi connectivity index (χ3n) is 3.28. The zero-order valence-electron chi connectivity index (χ0n) is 11.0. The molecule has 1 aromatic rings. The van der Waals surface area contributed by atoms with E-state index in [1.807, 2.05) is 20.8 Å². The number of rotatable bonds is 3. The van der Waals surface area contributed by atoms with Gasteiger partial charge < -0.3 is 10.6 Å². The van der Waals surface area contributed by atoms with Gasteiger partial charge in [0.1, 0.15) is 11.6 Å². The largest absolute Gasteiger partial charge is 0.416 e. The Bertz CT molecular complexity index is 427. The van der Waals surface area contributed by atoms with Crippen molar-refractivity contribution in [1.82, 2.24) is 4.98 Å². The van der Waals surface area contributed by atoms with Crippen LogP contribution in [0.1, 0.15) is 32.8 Å². The number of hydrogen-bond acceptors (Lipinski definition) is 3. The predicted octanol–water partition coefficient (Wildman–Crippen LogP) is 3.31. The van der Waals surface area contributed by atoms with Gasteiger partial charge in [-0.3, -0.25) is 0 Å². The van der Waals surface area contributed by atoms with Crippen LogP contribution in [-0.2, 0) is 6.18 Å². The third-order valence-corrected chi connectivity index (χ3v) is 3.28. The molecule has 2 N–H and O–H groups in total. The SMILES string of the molecule is CCC(C)(C)N(C)c1cc(C(F)(F)F)cc(N)n1. The van der Waals surface area contributed by atoms with Crippen LogP contribution >= 0.6 is 0 Å². The second-order valence-electron chi connectivity index (χ2n) is 4.86. The summed E-state index contributed by atoms with van der Waals surface area (Å²) in [7, 11) is 1.71. The number of halogens is 3. The molecule has 1 aromatic heterocycles. The molecule has 0 saturated carbocycles. The Labute approximate surface area is 105 Å². The van der Waals surface area contributed by atoms with Crippen molar-refractivity contribution in [3.8, 4) is 0 Å². The molecular weight excluding hydrogens is 243 g/mol. The first kappa shape index (κ1) is 14.6. The van der Waals surface area contributed by atoms with Crippen molar-refractivity contribution < 1.29 is 13.2 Å². The Morgan fingerprint density at radius 3 is 2.28 bits per heavy atom. The van der Waals surface area contributed by atoms with E-state index in [0.717, 1.165) is 18.6 Å². The maximum Gasteiger partial charge on any atom is 0.416 e. The van der Waals surface area contributed by atoms with Crippen molar-refractivity contribution in [1.29, 1.82) is 0 Å². The fraction of sp³-hybridized carbons (Fsp3) is 0.583. The summed E-state index contributed by atoms with van der Waals surface area (Å²) >= 11 is 0. The number of anilines is 2. The smallest absolute Gasteiger partial charge is 0.384 e. The Morgan fingerprint density at radius 2 is 1.83 bits per heavy atom. The lowest BCUT2D eigenvalue weighted by Gasteiger charge is -2.36. The molecular formula is C12H18F3N3. The van der Waals surface area contributed by atoms with Gasteiger partial charge in [0.05, 0.1) is 5.56 Å². The minimum Gasteiger partial charge on any atom is -0.384 e. The highest BCUT2D eigenvalue weighted by Crippen LogP contribution is 2.33. The van der Waals surface area contributed by atoms with Gasteiger partial charge in [-0.05, 0) is 32.4 Å². The molecule has 3 nitrogen and oxygen atoms in total. The van der Waals surface area contributed by atoms with Crippen molar-refractivity contribution in [2.45, 2.75) is 38.9 Å². The highest BCUT2D eigenvalue weighted by molar-refractivity contribution is 5.50. The number of pyridine rings is 1. The van der Waals surface area contributed by atoms with Crippen LogP contribution in [0.4, 0.5) is 24.8 Å². The second kappa shape index (κ2) is 4.66. The van der Waals surface area contributed by atoms with Gasteiger partial charge in [0, 0.05) is 12.6 Å². The molecule has 102 valence electrons. The van der Waals surface area contributed by atoms with Crippen LogP contribution in [-0.4, -0.2) is 17.6 Å². The van der Waals surface area contributed by atoms with E-state index < -0.39 is 11.7 Å². The molecule has 0 aliphatic heterocycles. The highest BCUT2D eigenvalue weighted by atomic mass is 19.4. The van der Waals surface area contributed by atoms with Crippen molar-refractivity contribution in [2.24, 2.45) is 0 Å². The molecule has 0 unspecified atom stereocenters. The molecule has 6 heteroatoms. The monoisotopic (exact) mass is 261 g/mol. The van der Waals surface area contributed by atoms with Crippen molar-refractivity contribution in [3.63, 3.8) is 0 Å². The number of hydrogen-bond donors (Lipinski definition) is 1. The van der Waals surface area contributed by atoms with E-state index in [1.165, 1.54) is 0 Å². The van der Waals surface area contributed by atoms with E-state index in [-0.39, 0.29) is 17.2 Å². The molecule has 0 fully saturated rings. The average Bonchev–Trinajstić information content (AvgIpc) is 2.26. The molecule has 0 bridgehead atoms. The fourth-order valence-corrected chi connectivity index (χ4v) is 1.42. The summed E-state index contributed by atoms with van der Waals surface area (Å²) < 4.78 is 38.1. The molecule has 0 amide bonds. The number of aromatic nitrogens is 1. The van der Waals surface area contributed by atoms with E-state index >= 15 is 0 Å². The zero-order valence-corrected chi connectivity index (χ0v) is 11.0. The maximum atomic E-state index is 12.7. The molecule has 0 aromatic carbocycles. The van der Waals surface area contributed by atoms with E-state index in [0.29, 0.717) is 0 Å². The number of nitrogens with zero attached hydrogens (tertiary/aromatic N) is 2. The van der Waals surface area contributed by atoms with Crippen molar-refractivity contribution in [2.75, 3.05) is 17.7 Å². The first-order valence-electron chi connectivity index (χ1n) is 5.66. The van der Waals surface area contributed by atoms with Crippen LogP contribution in [0.15, 0.2) is 12.1 Å². The van der Waals surface area contributed by atoms with Crippen LogP contribution in [0, 0.1) is 0 Å². The minimum absolute atomic E-state index is 0.126. The molecule has 0 radical (unpaired) electrons. The molecule has 0 atom stereocenters. The van der Waals surface area contributed by atoms with Gasteiger partial charge in [-0.2, -0.15) is 13.2 Å². The molecule has 1 rings (SSSR count). The van der Waals surface area contributed by atoms with Gasteiger partial charge in [-0.15, -0.1) is 0 Å². The molecule has 18 heavy (non-hydrogen) atoms. The van der Waals surface area contributed by atoms with Gasteiger partial charge in [0.25, 0.3) is 0 Å². The lowest BCUT2D eigenvalue weighted by molar-refractivity contribution is -0.137. The Kier molecular flexibility index (Phi) is 3.78. The van der Waals surface area contributed by atoms with Gasteiger partial charge in [-0.25, -0.2) is 4.98 Å². The molecule has 0 saturated heterocycles. The first-order valence-corrected chi connectivity index (χ1v) is 5.66. The average molecular weight is 261 g/mol. The Morgan fingerprint density at radius 1 is 1.28 bits per heavy atom. The minimum atomic E-state index is -4.41. The maximum absolute atomic E-state index is 12.7. The normalized spacial score (nSPS) is 12.6. The number of nitrogen functional groups attached to an aromatic ring is 1. The van der Waals surface area contributed by atoms with Gasteiger partial charge in [0.15, 0.2) is 0 Å². The summed E-state index contributed by atoms with van der Waals surface area (Å²) in [6.45, 7) is 5.84. The van der Waals surface area contributed by atoms with Crippen molar-refractivity contribution in [3.05, 3.63) is 17.7 Å². The lowest BCUT2D eigenvalue weighted by Crippen LogP contribution is -2.41.